The Morgan fingerprint density at radius 2 is 1.89 bits per heavy atom. The highest BCUT2D eigenvalue weighted by Gasteiger charge is 2.32. The Morgan fingerprint density at radius 3 is 2.63 bits per heavy atom. The van der Waals surface area contributed by atoms with E-state index in [1.807, 2.05) is 18.2 Å². The number of nitrogens with zero attached hydrogens (tertiary/aromatic N) is 1. The smallest absolute Gasteiger partial charge is 0.356 e. The molecule has 1 heterocycles. The normalized spacial score (nSPS) is 17.6. The molecule has 1 aromatic heterocycles. The average Bonchev–Trinajstić information content (AvgIpc) is 2.62. The second-order valence-electron chi connectivity index (χ2n) is 8.53. The highest BCUT2D eigenvalue weighted by Crippen LogP contribution is 2.43. The number of aromatic nitrogens is 1. The van der Waals surface area contributed by atoms with Gasteiger partial charge in [-0.15, -0.1) is 0 Å². The summed E-state index contributed by atoms with van der Waals surface area (Å²) in [6.45, 7) is 11.2. The zero-order valence-electron chi connectivity index (χ0n) is 16.8. The van der Waals surface area contributed by atoms with Crippen LogP contribution in [0.2, 0.25) is 0 Å². The van der Waals surface area contributed by atoms with Gasteiger partial charge in [0, 0.05) is 22.7 Å². The van der Waals surface area contributed by atoms with E-state index in [1.165, 1.54) is 12.0 Å². The van der Waals surface area contributed by atoms with Gasteiger partial charge in [0.1, 0.15) is 5.69 Å². The quantitative estimate of drug-likeness (QED) is 0.521. The first kappa shape index (κ1) is 19.2. The second kappa shape index (κ2) is 7.19. The minimum absolute atomic E-state index is 0.111. The standard InChI is InChI=1S/C24H27NO2/c1-6-27-22(26)21-14-19-13-17(7-9-18(19)16-25-21)8-10-20-15-23(2,3)11-12-24(20,4)5/h7,9,13-16H,6,11-12H2,1-5H3. The Morgan fingerprint density at radius 1 is 1.11 bits per heavy atom. The van der Waals surface area contributed by atoms with Gasteiger partial charge in [-0.2, -0.15) is 0 Å². The number of fused-ring (bicyclic) bond motifs is 1. The molecule has 1 aromatic carbocycles. The van der Waals surface area contributed by atoms with E-state index in [2.05, 4.69) is 50.6 Å². The summed E-state index contributed by atoms with van der Waals surface area (Å²) in [4.78, 5) is 16.1. The molecule has 0 saturated carbocycles. The van der Waals surface area contributed by atoms with Gasteiger partial charge in [-0.05, 0) is 54.2 Å². The van der Waals surface area contributed by atoms with Crippen LogP contribution in [0.4, 0.5) is 0 Å². The van der Waals surface area contributed by atoms with E-state index in [9.17, 15) is 4.79 Å². The van der Waals surface area contributed by atoms with E-state index >= 15 is 0 Å². The van der Waals surface area contributed by atoms with Crippen LogP contribution in [0.15, 0.2) is 42.1 Å². The minimum Gasteiger partial charge on any atom is -0.461 e. The van der Waals surface area contributed by atoms with Crippen molar-refractivity contribution in [2.24, 2.45) is 10.8 Å². The Kier molecular flexibility index (Phi) is 5.11. The predicted octanol–water partition coefficient (Wildman–Crippen LogP) is 5.54. The molecule has 0 N–H and O–H groups in total. The summed E-state index contributed by atoms with van der Waals surface area (Å²) in [5.41, 5.74) is 2.78. The van der Waals surface area contributed by atoms with Crippen LogP contribution in [0.1, 0.15) is 63.5 Å². The third-order valence-electron chi connectivity index (χ3n) is 5.21. The zero-order chi connectivity index (χ0) is 19.7. The minimum atomic E-state index is -0.396. The third kappa shape index (κ3) is 4.39. The molecule has 0 radical (unpaired) electrons. The summed E-state index contributed by atoms with van der Waals surface area (Å²) in [5, 5.41) is 1.92. The lowest BCUT2D eigenvalue weighted by Crippen LogP contribution is -2.25. The largest absolute Gasteiger partial charge is 0.461 e. The number of carbonyl (C=O) groups excluding carboxylic acids is 1. The summed E-state index contributed by atoms with van der Waals surface area (Å²) in [5.74, 6) is 6.33. The molecule has 0 amide bonds. The van der Waals surface area contributed by atoms with Crippen LogP contribution in [-0.4, -0.2) is 17.6 Å². The maximum absolute atomic E-state index is 11.9. The fraction of sp³-hybridized carbons (Fsp3) is 0.417. The number of allylic oxidation sites excluding steroid dienone is 2. The van der Waals surface area contributed by atoms with Crippen molar-refractivity contribution in [1.82, 2.24) is 4.98 Å². The van der Waals surface area contributed by atoms with Crippen molar-refractivity contribution in [3.8, 4) is 11.8 Å². The SMILES string of the molecule is CCOC(=O)c1cc2cc(C#CC3=CC(C)(C)CCC3(C)C)ccc2cn1. The molecule has 1 aliphatic carbocycles. The number of rotatable bonds is 2. The molecule has 27 heavy (non-hydrogen) atoms. The van der Waals surface area contributed by atoms with Crippen molar-refractivity contribution >= 4 is 16.7 Å². The molecule has 3 nitrogen and oxygen atoms in total. The molecule has 3 heteroatoms. The number of benzene rings is 1. The molecule has 1 aliphatic rings. The fourth-order valence-corrected chi connectivity index (χ4v) is 3.31. The maximum Gasteiger partial charge on any atom is 0.356 e. The van der Waals surface area contributed by atoms with E-state index < -0.39 is 5.97 Å². The van der Waals surface area contributed by atoms with Crippen LogP contribution >= 0.6 is 0 Å². The van der Waals surface area contributed by atoms with Crippen molar-refractivity contribution in [3.63, 3.8) is 0 Å². The molecule has 2 aromatic rings. The predicted molar refractivity (Wildman–Crippen MR) is 109 cm³/mol. The van der Waals surface area contributed by atoms with Crippen LogP contribution in [0.5, 0.6) is 0 Å². The van der Waals surface area contributed by atoms with E-state index in [0.717, 1.165) is 22.8 Å². The van der Waals surface area contributed by atoms with E-state index in [0.29, 0.717) is 12.3 Å². The van der Waals surface area contributed by atoms with Crippen molar-refractivity contribution in [3.05, 3.63) is 53.4 Å². The lowest BCUT2D eigenvalue weighted by atomic mass is 9.68. The highest BCUT2D eigenvalue weighted by molar-refractivity contribution is 5.93. The fourth-order valence-electron chi connectivity index (χ4n) is 3.31. The maximum atomic E-state index is 11.9. The molecule has 0 fully saturated rings. The van der Waals surface area contributed by atoms with Crippen LogP contribution in [0, 0.1) is 22.7 Å². The average molecular weight is 361 g/mol. The van der Waals surface area contributed by atoms with Gasteiger partial charge in [0.05, 0.1) is 6.61 Å². The molecular formula is C24H27NO2. The monoisotopic (exact) mass is 361 g/mol. The Labute approximate surface area is 161 Å². The van der Waals surface area contributed by atoms with Gasteiger partial charge in [0.25, 0.3) is 0 Å². The van der Waals surface area contributed by atoms with Crippen LogP contribution in [0.3, 0.4) is 0 Å². The van der Waals surface area contributed by atoms with Gasteiger partial charge in [-0.1, -0.05) is 51.7 Å². The number of carbonyl (C=O) groups is 1. The number of esters is 1. The number of ether oxygens (including phenoxy) is 1. The molecule has 3 rings (SSSR count). The summed E-state index contributed by atoms with van der Waals surface area (Å²) in [6, 6.07) is 7.77. The van der Waals surface area contributed by atoms with Gasteiger partial charge in [0.2, 0.25) is 0 Å². The van der Waals surface area contributed by atoms with E-state index in [4.69, 9.17) is 4.74 Å². The topological polar surface area (TPSA) is 39.2 Å². The number of hydrogen-bond acceptors (Lipinski definition) is 3. The van der Waals surface area contributed by atoms with Crippen molar-refractivity contribution in [1.29, 1.82) is 0 Å². The zero-order valence-corrected chi connectivity index (χ0v) is 16.8. The molecule has 0 aliphatic heterocycles. The second-order valence-corrected chi connectivity index (χ2v) is 8.53. The summed E-state index contributed by atoms with van der Waals surface area (Å²) >= 11 is 0. The Hall–Kier alpha value is -2.60. The molecular weight excluding hydrogens is 334 g/mol. The van der Waals surface area contributed by atoms with Gasteiger partial charge in [-0.3, -0.25) is 0 Å². The van der Waals surface area contributed by atoms with Gasteiger partial charge in [0.15, 0.2) is 0 Å². The third-order valence-corrected chi connectivity index (χ3v) is 5.21. The first-order chi connectivity index (χ1) is 12.7. The van der Waals surface area contributed by atoms with Crippen LogP contribution in [0.25, 0.3) is 10.8 Å². The van der Waals surface area contributed by atoms with Gasteiger partial charge >= 0.3 is 5.97 Å². The summed E-state index contributed by atoms with van der Waals surface area (Å²) < 4.78 is 5.04. The van der Waals surface area contributed by atoms with E-state index in [1.54, 1.807) is 19.2 Å². The molecule has 0 saturated heterocycles. The lowest BCUT2D eigenvalue weighted by Gasteiger charge is -2.36. The molecule has 0 atom stereocenters. The molecule has 0 unspecified atom stereocenters. The van der Waals surface area contributed by atoms with Crippen LogP contribution in [-0.2, 0) is 4.74 Å². The molecule has 0 bridgehead atoms. The Balaban J connectivity index is 1.95. The van der Waals surface area contributed by atoms with Gasteiger partial charge < -0.3 is 4.74 Å². The summed E-state index contributed by atoms with van der Waals surface area (Å²) in [6.07, 6.45) is 6.36. The molecule has 140 valence electrons. The van der Waals surface area contributed by atoms with E-state index in [-0.39, 0.29) is 10.8 Å². The van der Waals surface area contributed by atoms with Crippen LogP contribution < -0.4 is 0 Å². The number of pyridine rings is 1. The molecule has 0 spiro atoms. The number of hydrogen-bond donors (Lipinski definition) is 0. The first-order valence-corrected chi connectivity index (χ1v) is 9.52. The Bertz CT molecular complexity index is 971. The highest BCUT2D eigenvalue weighted by atomic mass is 16.5. The van der Waals surface area contributed by atoms with Crippen molar-refractivity contribution in [2.45, 2.75) is 47.5 Å². The van der Waals surface area contributed by atoms with Gasteiger partial charge in [-0.25, -0.2) is 9.78 Å². The first-order valence-electron chi connectivity index (χ1n) is 9.52. The van der Waals surface area contributed by atoms with Crippen molar-refractivity contribution < 1.29 is 9.53 Å². The van der Waals surface area contributed by atoms with Crippen molar-refractivity contribution in [2.75, 3.05) is 6.61 Å². The lowest BCUT2D eigenvalue weighted by molar-refractivity contribution is 0.0519. The summed E-state index contributed by atoms with van der Waals surface area (Å²) in [7, 11) is 0.